The first-order valence-corrected chi connectivity index (χ1v) is 19.6. The number of allylic oxidation sites excluding steroid dienone is 4. The molecule has 0 fully saturated rings. The van der Waals surface area contributed by atoms with Gasteiger partial charge in [0.25, 0.3) is 0 Å². The maximum absolute atomic E-state index is 6.84. The van der Waals surface area contributed by atoms with E-state index in [1.807, 2.05) is 12.1 Å². The lowest BCUT2D eigenvalue weighted by atomic mass is 9.86. The van der Waals surface area contributed by atoms with Crippen LogP contribution >= 0.6 is 0 Å². The van der Waals surface area contributed by atoms with Crippen LogP contribution in [0.2, 0.25) is 0 Å². The van der Waals surface area contributed by atoms with Crippen LogP contribution in [0.15, 0.2) is 209 Å². The normalized spacial score (nSPS) is 14.1. The van der Waals surface area contributed by atoms with Crippen molar-refractivity contribution in [3.8, 4) is 33.4 Å². The molecule has 270 valence electrons. The van der Waals surface area contributed by atoms with Crippen LogP contribution in [0.4, 0.5) is 11.4 Å². The van der Waals surface area contributed by atoms with Crippen molar-refractivity contribution in [2.75, 3.05) is 5.32 Å². The fourth-order valence-electron chi connectivity index (χ4n) is 8.57. The predicted octanol–water partition coefficient (Wildman–Crippen LogP) is 15.4. The number of benzene rings is 8. The molecule has 1 atom stereocenters. The monoisotopic (exact) mass is 731 g/mol. The number of fused-ring (bicyclic) bond motifs is 6. The highest BCUT2D eigenvalue weighted by atomic mass is 16.3. The van der Waals surface area contributed by atoms with Crippen molar-refractivity contribution in [3.05, 3.63) is 211 Å². The molecule has 0 saturated heterocycles. The Morgan fingerprint density at radius 2 is 1.18 bits per heavy atom. The number of nitrogens with one attached hydrogen (secondary N) is 1. The van der Waals surface area contributed by atoms with Gasteiger partial charge in [-0.25, -0.2) is 0 Å². The number of para-hydroxylation sites is 1. The molecule has 11 rings (SSSR count). The zero-order chi connectivity index (χ0) is 37.7. The Balaban J connectivity index is 0.976. The molecule has 10 aromatic rings. The van der Waals surface area contributed by atoms with Crippen molar-refractivity contribution in [3.63, 3.8) is 0 Å². The van der Waals surface area contributed by atoms with Gasteiger partial charge in [0.1, 0.15) is 22.3 Å². The van der Waals surface area contributed by atoms with E-state index in [4.69, 9.17) is 8.83 Å². The zero-order valence-corrected chi connectivity index (χ0v) is 31.2. The van der Waals surface area contributed by atoms with Gasteiger partial charge in [-0.05, 0) is 99.5 Å². The first kappa shape index (κ1) is 33.0. The molecule has 2 heterocycles. The number of rotatable bonds is 7. The summed E-state index contributed by atoms with van der Waals surface area (Å²) in [5.74, 6) is 0.309. The zero-order valence-electron chi connectivity index (χ0n) is 31.2. The van der Waals surface area contributed by atoms with Gasteiger partial charge in [0, 0.05) is 33.3 Å². The van der Waals surface area contributed by atoms with Gasteiger partial charge in [-0.15, -0.1) is 0 Å². The molecule has 3 nitrogen and oxygen atoms in total. The Morgan fingerprint density at radius 1 is 0.456 bits per heavy atom. The summed E-state index contributed by atoms with van der Waals surface area (Å²) in [6.45, 7) is 0. The molecule has 0 bridgehead atoms. The molecule has 1 aliphatic carbocycles. The molecule has 0 spiro atoms. The number of furan rings is 2. The van der Waals surface area contributed by atoms with E-state index < -0.39 is 0 Å². The first-order valence-electron chi connectivity index (χ1n) is 19.6. The van der Waals surface area contributed by atoms with Crippen LogP contribution in [-0.4, -0.2) is 0 Å². The van der Waals surface area contributed by atoms with Crippen molar-refractivity contribution in [1.29, 1.82) is 0 Å². The second-order valence-electron chi connectivity index (χ2n) is 14.9. The molecule has 0 amide bonds. The van der Waals surface area contributed by atoms with E-state index in [1.165, 1.54) is 22.3 Å². The average Bonchev–Trinajstić information content (AvgIpc) is 3.87. The van der Waals surface area contributed by atoms with E-state index in [1.54, 1.807) is 0 Å². The Labute approximate surface area is 330 Å². The topological polar surface area (TPSA) is 38.3 Å². The summed E-state index contributed by atoms with van der Waals surface area (Å²) in [5, 5.41) is 8.24. The van der Waals surface area contributed by atoms with Gasteiger partial charge in [-0.1, -0.05) is 152 Å². The maximum Gasteiger partial charge on any atom is 0.145 e. The molecular formula is C54H37NO2. The van der Waals surface area contributed by atoms with Gasteiger partial charge in [0.2, 0.25) is 0 Å². The summed E-state index contributed by atoms with van der Waals surface area (Å²) in [7, 11) is 0. The summed E-state index contributed by atoms with van der Waals surface area (Å²) in [6.07, 6.45) is 7.96. The van der Waals surface area contributed by atoms with E-state index >= 15 is 0 Å². The Morgan fingerprint density at radius 3 is 2.00 bits per heavy atom. The van der Waals surface area contributed by atoms with Gasteiger partial charge >= 0.3 is 0 Å². The molecule has 3 heteroatoms. The SMILES string of the molecule is C1=CC(c2cccc(-c3cccc4oc5c(-c6ccccc6)ccc(Nc6ccc(-c7ccc8c(c7)oc7ccccc78)cc6)c5c34)c2)CC=C1c1ccccc1. The molecule has 8 aromatic carbocycles. The van der Waals surface area contributed by atoms with Crippen molar-refractivity contribution < 1.29 is 8.83 Å². The summed E-state index contributed by atoms with van der Waals surface area (Å²) >= 11 is 0. The van der Waals surface area contributed by atoms with Crippen LogP contribution in [-0.2, 0) is 0 Å². The molecule has 1 N–H and O–H groups in total. The highest BCUT2D eigenvalue weighted by Crippen LogP contribution is 2.45. The van der Waals surface area contributed by atoms with Crippen molar-refractivity contribution >= 4 is 60.8 Å². The fraction of sp³-hybridized carbons (Fsp3) is 0.0370. The molecule has 1 unspecified atom stereocenters. The molecule has 57 heavy (non-hydrogen) atoms. The minimum atomic E-state index is 0.309. The van der Waals surface area contributed by atoms with E-state index in [0.29, 0.717) is 5.92 Å². The molecular weight excluding hydrogens is 695 g/mol. The summed E-state index contributed by atoms with van der Waals surface area (Å²) in [4.78, 5) is 0. The van der Waals surface area contributed by atoms with Gasteiger partial charge in [0.05, 0.1) is 11.1 Å². The molecule has 1 aliphatic rings. The second kappa shape index (κ2) is 13.7. The van der Waals surface area contributed by atoms with Gasteiger partial charge in [0.15, 0.2) is 0 Å². The lowest BCUT2D eigenvalue weighted by Crippen LogP contribution is -1.99. The third-order valence-corrected chi connectivity index (χ3v) is 11.4. The number of anilines is 2. The maximum atomic E-state index is 6.84. The van der Waals surface area contributed by atoms with Crippen molar-refractivity contribution in [1.82, 2.24) is 0 Å². The van der Waals surface area contributed by atoms with E-state index in [0.717, 1.165) is 89.5 Å². The summed E-state index contributed by atoms with van der Waals surface area (Å²) in [5.41, 5.74) is 16.1. The molecule has 0 aliphatic heterocycles. The lowest BCUT2D eigenvalue weighted by molar-refractivity contribution is 0.669. The fourth-order valence-corrected chi connectivity index (χ4v) is 8.57. The predicted molar refractivity (Wildman–Crippen MR) is 238 cm³/mol. The summed E-state index contributed by atoms with van der Waals surface area (Å²) < 4.78 is 13.0. The third kappa shape index (κ3) is 5.92. The Hall–Kier alpha value is -7.36. The van der Waals surface area contributed by atoms with Crippen LogP contribution in [0.1, 0.15) is 23.5 Å². The lowest BCUT2D eigenvalue weighted by Gasteiger charge is -2.18. The highest BCUT2D eigenvalue weighted by molar-refractivity contribution is 6.20. The average molecular weight is 732 g/mol. The van der Waals surface area contributed by atoms with Crippen LogP contribution in [0.25, 0.3) is 82.8 Å². The third-order valence-electron chi connectivity index (χ3n) is 11.4. The van der Waals surface area contributed by atoms with Crippen LogP contribution in [0.3, 0.4) is 0 Å². The van der Waals surface area contributed by atoms with Crippen LogP contribution in [0, 0.1) is 0 Å². The Kier molecular flexibility index (Phi) is 7.96. The summed E-state index contributed by atoms with van der Waals surface area (Å²) in [6, 6.07) is 64.3. The highest BCUT2D eigenvalue weighted by Gasteiger charge is 2.21. The first-order chi connectivity index (χ1) is 28.2. The van der Waals surface area contributed by atoms with Crippen molar-refractivity contribution in [2.45, 2.75) is 12.3 Å². The number of hydrogen-bond acceptors (Lipinski definition) is 3. The van der Waals surface area contributed by atoms with Gasteiger partial charge in [-0.2, -0.15) is 0 Å². The smallest absolute Gasteiger partial charge is 0.145 e. The minimum absolute atomic E-state index is 0.309. The van der Waals surface area contributed by atoms with E-state index in [2.05, 4.69) is 193 Å². The van der Waals surface area contributed by atoms with Crippen molar-refractivity contribution in [2.24, 2.45) is 0 Å². The van der Waals surface area contributed by atoms with Crippen LogP contribution < -0.4 is 5.32 Å². The quantitative estimate of drug-likeness (QED) is 0.177. The van der Waals surface area contributed by atoms with Crippen LogP contribution in [0.5, 0.6) is 0 Å². The minimum Gasteiger partial charge on any atom is -0.456 e. The largest absolute Gasteiger partial charge is 0.456 e. The standard InChI is InChI=1S/C54H37NO2/c1-3-11-35(12-4-1)36-21-23-37(24-22-36)40-15-9-16-42(33-40)44-18-10-20-50-52(44)53-48(32-31-45(54(53)57-50)39-13-5-2-6-14-39)55-43-28-25-38(26-29-43)41-27-30-47-46-17-7-8-19-49(46)56-51(47)34-41/h1-23,25-34,37,55H,24H2. The molecule has 0 radical (unpaired) electrons. The van der Waals surface area contributed by atoms with E-state index in [9.17, 15) is 0 Å². The number of hydrogen-bond donors (Lipinski definition) is 1. The second-order valence-corrected chi connectivity index (χ2v) is 14.9. The van der Waals surface area contributed by atoms with Gasteiger partial charge in [-0.3, -0.25) is 0 Å². The van der Waals surface area contributed by atoms with E-state index in [-0.39, 0.29) is 0 Å². The molecule has 0 saturated carbocycles. The Bertz CT molecular complexity index is 3170. The molecule has 2 aromatic heterocycles. The van der Waals surface area contributed by atoms with Gasteiger partial charge < -0.3 is 14.2 Å².